The Kier molecular flexibility index (Phi) is 5.22. The Balaban J connectivity index is 1.68. The van der Waals surface area contributed by atoms with Crippen molar-refractivity contribution in [3.8, 4) is 0 Å². The second-order valence-electron chi connectivity index (χ2n) is 6.69. The second-order valence-corrected chi connectivity index (χ2v) is 8.60. The van der Waals surface area contributed by atoms with Crippen LogP contribution in [0.2, 0.25) is 0 Å². The van der Waals surface area contributed by atoms with Gasteiger partial charge in [0.25, 0.3) is 0 Å². The average molecular weight is 363 g/mol. The summed E-state index contributed by atoms with van der Waals surface area (Å²) in [5.74, 6) is -0.687. The molecule has 1 aliphatic heterocycles. The summed E-state index contributed by atoms with van der Waals surface area (Å²) in [6, 6.07) is 12.0. The fraction of sp³-hybridized carbons (Fsp3) is 0.368. The van der Waals surface area contributed by atoms with Crippen LogP contribution in [0, 0.1) is 19.7 Å². The van der Waals surface area contributed by atoms with E-state index in [1.165, 1.54) is 44.1 Å². The van der Waals surface area contributed by atoms with Gasteiger partial charge in [-0.05, 0) is 31.5 Å². The number of piperazine rings is 1. The third-order valence-electron chi connectivity index (χ3n) is 4.83. The maximum Gasteiger partial charge on any atom is 0.246 e. The van der Waals surface area contributed by atoms with E-state index in [0.717, 1.165) is 19.6 Å². The number of sulfonamides is 1. The van der Waals surface area contributed by atoms with Gasteiger partial charge in [-0.15, -0.1) is 0 Å². The molecule has 134 valence electrons. The van der Waals surface area contributed by atoms with Crippen molar-refractivity contribution in [1.82, 2.24) is 4.31 Å². The minimum Gasteiger partial charge on any atom is -0.329 e. The lowest BCUT2D eigenvalue weighted by Crippen LogP contribution is -3.13. The quantitative estimate of drug-likeness (QED) is 0.895. The lowest BCUT2D eigenvalue weighted by atomic mass is 10.1. The molecule has 1 fully saturated rings. The van der Waals surface area contributed by atoms with Crippen LogP contribution in [0.1, 0.15) is 16.7 Å². The molecule has 0 unspecified atom stereocenters. The number of nitrogens with zero attached hydrogens (tertiary/aromatic N) is 1. The standard InChI is InChI=1S/C19H23FN2O2S/c1-15-7-8-16(2)17(13-15)14-21-9-11-22(12-10-21)25(23,24)19-6-4-3-5-18(19)20/h3-8,13H,9-12,14H2,1-2H3/p+1. The first-order valence-corrected chi connectivity index (χ1v) is 9.96. The molecule has 0 amide bonds. The van der Waals surface area contributed by atoms with Crippen molar-refractivity contribution in [2.75, 3.05) is 26.2 Å². The molecule has 1 heterocycles. The molecule has 0 aromatic heterocycles. The molecule has 1 aliphatic rings. The van der Waals surface area contributed by atoms with Crippen molar-refractivity contribution in [3.63, 3.8) is 0 Å². The molecule has 6 heteroatoms. The topological polar surface area (TPSA) is 41.8 Å². The Labute approximate surface area is 148 Å². The Morgan fingerprint density at radius 2 is 1.76 bits per heavy atom. The first kappa shape index (κ1) is 18.0. The minimum atomic E-state index is -3.76. The van der Waals surface area contributed by atoms with E-state index in [-0.39, 0.29) is 4.90 Å². The van der Waals surface area contributed by atoms with Gasteiger partial charge in [-0.1, -0.05) is 35.9 Å². The monoisotopic (exact) mass is 363 g/mol. The summed E-state index contributed by atoms with van der Waals surface area (Å²) < 4.78 is 40.6. The van der Waals surface area contributed by atoms with Crippen LogP contribution in [0.4, 0.5) is 4.39 Å². The van der Waals surface area contributed by atoms with Gasteiger partial charge in [-0.3, -0.25) is 0 Å². The predicted octanol–water partition coefficient (Wildman–Crippen LogP) is 1.53. The number of halogens is 1. The fourth-order valence-electron chi connectivity index (χ4n) is 3.27. The van der Waals surface area contributed by atoms with Gasteiger partial charge < -0.3 is 4.90 Å². The molecule has 2 aromatic carbocycles. The predicted molar refractivity (Wildman–Crippen MR) is 95.5 cm³/mol. The largest absolute Gasteiger partial charge is 0.329 e. The van der Waals surface area contributed by atoms with E-state index in [4.69, 9.17) is 0 Å². The fourth-order valence-corrected chi connectivity index (χ4v) is 4.78. The molecule has 0 spiro atoms. The Morgan fingerprint density at radius 1 is 1.08 bits per heavy atom. The van der Waals surface area contributed by atoms with Gasteiger partial charge in [0.2, 0.25) is 10.0 Å². The molecule has 4 nitrogen and oxygen atoms in total. The maximum absolute atomic E-state index is 13.9. The molecule has 25 heavy (non-hydrogen) atoms. The van der Waals surface area contributed by atoms with Gasteiger partial charge in [0.15, 0.2) is 0 Å². The van der Waals surface area contributed by atoms with Crippen molar-refractivity contribution in [2.45, 2.75) is 25.3 Å². The van der Waals surface area contributed by atoms with Gasteiger partial charge in [0, 0.05) is 5.56 Å². The third-order valence-corrected chi connectivity index (χ3v) is 6.76. The number of benzene rings is 2. The Bertz CT molecular complexity index is 859. The van der Waals surface area contributed by atoms with E-state index in [1.54, 1.807) is 6.07 Å². The molecular formula is C19H24FN2O2S+. The summed E-state index contributed by atoms with van der Waals surface area (Å²) >= 11 is 0. The van der Waals surface area contributed by atoms with E-state index in [1.807, 2.05) is 0 Å². The number of nitrogens with one attached hydrogen (secondary N) is 1. The molecule has 1 saturated heterocycles. The summed E-state index contributed by atoms with van der Waals surface area (Å²) in [6.07, 6.45) is 0. The van der Waals surface area contributed by atoms with Gasteiger partial charge >= 0.3 is 0 Å². The molecule has 0 bridgehead atoms. The summed E-state index contributed by atoms with van der Waals surface area (Å²) in [7, 11) is -3.76. The number of aryl methyl sites for hydroxylation is 2. The zero-order valence-electron chi connectivity index (χ0n) is 14.6. The third kappa shape index (κ3) is 3.92. The van der Waals surface area contributed by atoms with Gasteiger partial charge in [0.05, 0.1) is 26.2 Å². The smallest absolute Gasteiger partial charge is 0.246 e. The molecule has 0 aliphatic carbocycles. The molecular weight excluding hydrogens is 339 g/mol. The van der Waals surface area contributed by atoms with Crippen molar-refractivity contribution >= 4 is 10.0 Å². The van der Waals surface area contributed by atoms with Gasteiger partial charge in [0.1, 0.15) is 17.3 Å². The lowest BCUT2D eigenvalue weighted by Gasteiger charge is -2.32. The molecule has 3 rings (SSSR count). The van der Waals surface area contributed by atoms with E-state index in [9.17, 15) is 12.8 Å². The number of quaternary nitrogens is 1. The van der Waals surface area contributed by atoms with Crippen LogP contribution in [-0.4, -0.2) is 38.9 Å². The zero-order valence-corrected chi connectivity index (χ0v) is 15.4. The van der Waals surface area contributed by atoms with Crippen LogP contribution in [0.3, 0.4) is 0 Å². The van der Waals surface area contributed by atoms with Crippen LogP contribution in [0.25, 0.3) is 0 Å². The van der Waals surface area contributed by atoms with Gasteiger partial charge in [-0.2, -0.15) is 4.31 Å². The van der Waals surface area contributed by atoms with E-state index < -0.39 is 15.8 Å². The van der Waals surface area contributed by atoms with E-state index in [0.29, 0.717) is 13.1 Å². The average Bonchev–Trinajstić information content (AvgIpc) is 2.59. The summed E-state index contributed by atoms with van der Waals surface area (Å²) in [5, 5.41) is 0. The molecule has 0 atom stereocenters. The molecule has 0 radical (unpaired) electrons. The lowest BCUT2D eigenvalue weighted by molar-refractivity contribution is -0.917. The molecule has 0 saturated carbocycles. The van der Waals surface area contributed by atoms with Crippen LogP contribution in [0.15, 0.2) is 47.4 Å². The SMILES string of the molecule is Cc1ccc(C)c(C[NH+]2CCN(S(=O)(=O)c3ccccc3F)CC2)c1. The summed E-state index contributed by atoms with van der Waals surface area (Å²) in [5.41, 5.74) is 3.81. The highest BCUT2D eigenvalue weighted by Crippen LogP contribution is 2.19. The van der Waals surface area contributed by atoms with E-state index >= 15 is 0 Å². The Hall–Kier alpha value is -1.76. The van der Waals surface area contributed by atoms with Crippen molar-refractivity contribution < 1.29 is 17.7 Å². The van der Waals surface area contributed by atoms with Crippen molar-refractivity contribution in [2.24, 2.45) is 0 Å². The van der Waals surface area contributed by atoms with Crippen molar-refractivity contribution in [1.29, 1.82) is 0 Å². The van der Waals surface area contributed by atoms with Crippen molar-refractivity contribution in [3.05, 3.63) is 65.0 Å². The maximum atomic E-state index is 13.9. The first-order chi connectivity index (χ1) is 11.9. The van der Waals surface area contributed by atoms with Crippen LogP contribution >= 0.6 is 0 Å². The van der Waals surface area contributed by atoms with Crippen LogP contribution < -0.4 is 4.90 Å². The number of hydrogen-bond donors (Lipinski definition) is 1. The molecule has 1 N–H and O–H groups in total. The van der Waals surface area contributed by atoms with Crippen LogP contribution in [0.5, 0.6) is 0 Å². The zero-order chi connectivity index (χ0) is 18.0. The second kappa shape index (κ2) is 7.23. The van der Waals surface area contributed by atoms with Gasteiger partial charge in [-0.25, -0.2) is 12.8 Å². The first-order valence-electron chi connectivity index (χ1n) is 8.52. The Morgan fingerprint density at radius 3 is 2.44 bits per heavy atom. The highest BCUT2D eigenvalue weighted by Gasteiger charge is 2.32. The number of rotatable bonds is 4. The number of hydrogen-bond acceptors (Lipinski definition) is 2. The minimum absolute atomic E-state index is 0.229. The summed E-state index contributed by atoms with van der Waals surface area (Å²) in [6.45, 7) is 7.35. The van der Waals surface area contributed by atoms with Crippen LogP contribution in [-0.2, 0) is 16.6 Å². The summed E-state index contributed by atoms with van der Waals surface area (Å²) in [4.78, 5) is 1.13. The van der Waals surface area contributed by atoms with E-state index in [2.05, 4.69) is 32.0 Å². The molecule has 2 aromatic rings. The highest BCUT2D eigenvalue weighted by molar-refractivity contribution is 7.89. The normalized spacial score (nSPS) is 16.9. The highest BCUT2D eigenvalue weighted by atomic mass is 32.2.